The number of ether oxygens (including phenoxy) is 2. The van der Waals surface area contributed by atoms with Crippen LogP contribution in [0.2, 0.25) is 0 Å². The first kappa shape index (κ1) is 16.9. The van der Waals surface area contributed by atoms with Gasteiger partial charge in [-0.05, 0) is 70.3 Å². The molecule has 2 fully saturated rings. The van der Waals surface area contributed by atoms with Gasteiger partial charge >= 0.3 is 5.97 Å². The van der Waals surface area contributed by atoms with Crippen LogP contribution in [-0.2, 0) is 14.3 Å². The molecule has 2 aliphatic heterocycles. The van der Waals surface area contributed by atoms with Crippen molar-refractivity contribution in [1.82, 2.24) is 0 Å². The van der Waals surface area contributed by atoms with Gasteiger partial charge < -0.3 is 14.6 Å². The fraction of sp³-hybridized carbons (Fsp3) is 0.667. The number of carbonyl (C=O) groups excluding carboxylic acids is 1. The second-order valence-corrected chi connectivity index (χ2v) is 8.41. The molecule has 4 nitrogen and oxygen atoms in total. The SMILES string of the molecule is CC1=C(C)CC(C)C(C2=C(O)C3(CCC4(CCCO4)CC3)OC2=O)=C1. The third-order valence-corrected chi connectivity index (χ3v) is 6.79. The van der Waals surface area contributed by atoms with E-state index in [0.29, 0.717) is 18.4 Å². The summed E-state index contributed by atoms with van der Waals surface area (Å²) in [5.74, 6) is 0.0266. The van der Waals surface area contributed by atoms with Crippen LogP contribution < -0.4 is 0 Å². The first-order chi connectivity index (χ1) is 11.9. The normalized spacial score (nSPS) is 38.8. The Bertz CT molecular complexity index is 693. The summed E-state index contributed by atoms with van der Waals surface area (Å²) in [6.45, 7) is 7.14. The van der Waals surface area contributed by atoms with Gasteiger partial charge in [0.2, 0.25) is 0 Å². The third-order valence-electron chi connectivity index (χ3n) is 6.79. The molecule has 2 aliphatic carbocycles. The van der Waals surface area contributed by atoms with Gasteiger partial charge in [-0.25, -0.2) is 4.79 Å². The van der Waals surface area contributed by atoms with Crippen molar-refractivity contribution in [2.75, 3.05) is 6.61 Å². The second-order valence-electron chi connectivity index (χ2n) is 8.41. The Kier molecular flexibility index (Phi) is 3.87. The maximum absolute atomic E-state index is 12.7. The smallest absolute Gasteiger partial charge is 0.343 e. The van der Waals surface area contributed by atoms with Crippen LogP contribution in [0.15, 0.2) is 34.1 Å². The van der Waals surface area contributed by atoms with Crippen LogP contribution >= 0.6 is 0 Å². The maximum atomic E-state index is 12.7. The van der Waals surface area contributed by atoms with E-state index in [0.717, 1.165) is 44.3 Å². The Labute approximate surface area is 149 Å². The molecule has 1 atom stereocenters. The summed E-state index contributed by atoms with van der Waals surface area (Å²) >= 11 is 0. The average Bonchev–Trinajstić information content (AvgIpc) is 3.12. The van der Waals surface area contributed by atoms with Crippen LogP contribution in [0.5, 0.6) is 0 Å². The van der Waals surface area contributed by atoms with Gasteiger partial charge in [-0.1, -0.05) is 24.1 Å². The first-order valence-corrected chi connectivity index (χ1v) is 9.55. The average molecular weight is 344 g/mol. The molecule has 4 rings (SSSR count). The van der Waals surface area contributed by atoms with Crippen molar-refractivity contribution >= 4 is 5.97 Å². The molecule has 2 spiro atoms. The summed E-state index contributed by atoms with van der Waals surface area (Å²) in [7, 11) is 0. The number of rotatable bonds is 1. The summed E-state index contributed by atoms with van der Waals surface area (Å²) in [5.41, 5.74) is 3.00. The predicted octanol–water partition coefficient (Wildman–Crippen LogP) is 4.52. The van der Waals surface area contributed by atoms with E-state index in [1.807, 2.05) is 0 Å². The lowest BCUT2D eigenvalue weighted by atomic mass is 9.73. The molecular weight excluding hydrogens is 316 g/mol. The lowest BCUT2D eigenvalue weighted by Crippen LogP contribution is -2.44. The van der Waals surface area contributed by atoms with Gasteiger partial charge in [-0.2, -0.15) is 0 Å². The van der Waals surface area contributed by atoms with E-state index in [-0.39, 0.29) is 23.2 Å². The lowest BCUT2D eigenvalue weighted by Gasteiger charge is -2.41. The monoisotopic (exact) mass is 344 g/mol. The molecule has 0 amide bonds. The maximum Gasteiger partial charge on any atom is 0.343 e. The quantitative estimate of drug-likeness (QED) is 0.711. The number of esters is 1. The number of carbonyl (C=O) groups is 1. The van der Waals surface area contributed by atoms with E-state index < -0.39 is 5.60 Å². The number of hydrogen-bond donors (Lipinski definition) is 1. The van der Waals surface area contributed by atoms with Gasteiger partial charge in [-0.3, -0.25) is 0 Å². The van der Waals surface area contributed by atoms with E-state index in [1.165, 1.54) is 11.1 Å². The summed E-state index contributed by atoms with van der Waals surface area (Å²) in [5, 5.41) is 11.0. The molecule has 0 aromatic carbocycles. The molecule has 0 bridgehead atoms. The largest absolute Gasteiger partial charge is 0.507 e. The fourth-order valence-corrected chi connectivity index (χ4v) is 5.00. The van der Waals surface area contributed by atoms with Gasteiger partial charge in [0.15, 0.2) is 11.4 Å². The van der Waals surface area contributed by atoms with Crippen LogP contribution in [0.3, 0.4) is 0 Å². The summed E-state index contributed by atoms with van der Waals surface area (Å²) in [6.07, 6.45) is 8.18. The Balaban J connectivity index is 1.65. The lowest BCUT2D eigenvalue weighted by molar-refractivity contribution is -0.157. The molecule has 25 heavy (non-hydrogen) atoms. The number of aliphatic hydroxyl groups excluding tert-OH is 1. The van der Waals surface area contributed by atoms with Crippen molar-refractivity contribution in [3.63, 3.8) is 0 Å². The molecule has 4 heteroatoms. The van der Waals surface area contributed by atoms with Gasteiger partial charge in [0.25, 0.3) is 0 Å². The Morgan fingerprint density at radius 3 is 2.52 bits per heavy atom. The molecule has 1 saturated heterocycles. The van der Waals surface area contributed by atoms with E-state index in [4.69, 9.17) is 9.47 Å². The summed E-state index contributed by atoms with van der Waals surface area (Å²) in [4.78, 5) is 12.7. The highest BCUT2D eigenvalue weighted by Gasteiger charge is 2.54. The van der Waals surface area contributed by atoms with E-state index >= 15 is 0 Å². The van der Waals surface area contributed by atoms with Gasteiger partial charge in [0, 0.05) is 6.61 Å². The molecule has 1 N–H and O–H groups in total. The predicted molar refractivity (Wildman–Crippen MR) is 95.1 cm³/mol. The first-order valence-electron chi connectivity index (χ1n) is 9.55. The highest BCUT2D eigenvalue weighted by atomic mass is 16.6. The number of aliphatic hydroxyl groups is 1. The molecule has 2 heterocycles. The number of allylic oxidation sites excluding steroid dienone is 3. The summed E-state index contributed by atoms with van der Waals surface area (Å²) < 4.78 is 11.8. The van der Waals surface area contributed by atoms with Crippen LogP contribution in [0.1, 0.15) is 65.7 Å². The van der Waals surface area contributed by atoms with Crippen molar-refractivity contribution in [3.05, 3.63) is 34.1 Å². The van der Waals surface area contributed by atoms with Crippen molar-refractivity contribution in [2.45, 2.75) is 76.9 Å². The molecule has 0 aromatic rings. The third kappa shape index (κ3) is 2.57. The Morgan fingerprint density at radius 2 is 1.88 bits per heavy atom. The zero-order chi connectivity index (χ0) is 17.8. The van der Waals surface area contributed by atoms with Crippen LogP contribution in [0, 0.1) is 5.92 Å². The zero-order valence-corrected chi connectivity index (χ0v) is 15.5. The van der Waals surface area contributed by atoms with Gasteiger partial charge in [0.05, 0.1) is 5.60 Å². The number of hydrogen-bond acceptors (Lipinski definition) is 4. The minimum absolute atomic E-state index is 0.0471. The van der Waals surface area contributed by atoms with Crippen molar-refractivity contribution in [1.29, 1.82) is 0 Å². The van der Waals surface area contributed by atoms with Crippen LogP contribution in [0.4, 0.5) is 0 Å². The Morgan fingerprint density at radius 1 is 1.16 bits per heavy atom. The second kappa shape index (κ2) is 5.73. The minimum Gasteiger partial charge on any atom is -0.507 e. The highest BCUT2D eigenvalue weighted by Crippen LogP contribution is 2.51. The zero-order valence-electron chi connectivity index (χ0n) is 15.5. The van der Waals surface area contributed by atoms with Crippen molar-refractivity contribution in [3.8, 4) is 0 Å². The standard InChI is InChI=1S/C21H28O4/c1-13-11-15(3)16(12-14(13)2)17-18(22)21(25-19(17)23)8-6-20(7-9-21)5-4-10-24-20/h12,15,22H,4-11H2,1-3H3. The molecule has 0 radical (unpaired) electrons. The molecule has 4 aliphatic rings. The molecule has 136 valence electrons. The van der Waals surface area contributed by atoms with Crippen molar-refractivity contribution in [2.24, 2.45) is 5.92 Å². The van der Waals surface area contributed by atoms with E-state index in [1.54, 1.807) is 0 Å². The minimum atomic E-state index is -0.825. The molecule has 1 unspecified atom stereocenters. The Hall–Kier alpha value is -1.55. The van der Waals surface area contributed by atoms with Gasteiger partial charge in [-0.15, -0.1) is 0 Å². The topological polar surface area (TPSA) is 55.8 Å². The van der Waals surface area contributed by atoms with E-state index in [9.17, 15) is 9.90 Å². The fourth-order valence-electron chi connectivity index (χ4n) is 5.00. The van der Waals surface area contributed by atoms with Crippen LogP contribution in [0.25, 0.3) is 0 Å². The molecule has 0 aromatic heterocycles. The molecular formula is C21H28O4. The van der Waals surface area contributed by atoms with E-state index in [2.05, 4.69) is 26.8 Å². The van der Waals surface area contributed by atoms with Crippen LogP contribution in [-0.4, -0.2) is 28.9 Å². The highest BCUT2D eigenvalue weighted by molar-refractivity contribution is 5.97. The van der Waals surface area contributed by atoms with Gasteiger partial charge in [0.1, 0.15) is 5.57 Å². The van der Waals surface area contributed by atoms with Crippen molar-refractivity contribution < 1.29 is 19.4 Å². The molecule has 1 saturated carbocycles. The summed E-state index contributed by atoms with van der Waals surface area (Å²) in [6, 6.07) is 0.